The highest BCUT2D eigenvalue weighted by Crippen LogP contribution is 2.05. The monoisotopic (exact) mass is 252 g/mol. The first-order chi connectivity index (χ1) is 8.56. The molecule has 0 bridgehead atoms. The first kappa shape index (κ1) is 14.1. The number of esters is 1. The van der Waals surface area contributed by atoms with Crippen molar-refractivity contribution in [3.63, 3.8) is 0 Å². The summed E-state index contributed by atoms with van der Waals surface area (Å²) in [7, 11) is 1.26. The van der Waals surface area contributed by atoms with Crippen LogP contribution in [0.2, 0.25) is 0 Å². The molecule has 1 atom stereocenters. The standard InChI is InChI=1S/C12H16N2O4/c1-8(16)14-11(12(17)18-2)6-10-5-9(7-15)3-4-13-10/h3-5,11,15H,6-7H2,1-2H3,(H,14,16)/t11-/m0/s1. The molecule has 6 nitrogen and oxygen atoms in total. The van der Waals surface area contributed by atoms with Gasteiger partial charge in [0.05, 0.1) is 13.7 Å². The average molecular weight is 252 g/mol. The zero-order valence-corrected chi connectivity index (χ0v) is 10.3. The molecule has 0 aliphatic carbocycles. The van der Waals surface area contributed by atoms with E-state index in [2.05, 4.69) is 15.0 Å². The van der Waals surface area contributed by atoms with E-state index in [0.29, 0.717) is 11.3 Å². The van der Waals surface area contributed by atoms with Gasteiger partial charge >= 0.3 is 5.97 Å². The highest BCUT2D eigenvalue weighted by atomic mass is 16.5. The lowest BCUT2D eigenvalue weighted by Gasteiger charge is -2.15. The van der Waals surface area contributed by atoms with E-state index >= 15 is 0 Å². The Morgan fingerprint density at radius 1 is 1.56 bits per heavy atom. The molecule has 0 aromatic carbocycles. The topological polar surface area (TPSA) is 88.5 Å². The first-order valence-electron chi connectivity index (χ1n) is 5.46. The van der Waals surface area contributed by atoms with Gasteiger partial charge in [0.15, 0.2) is 0 Å². The van der Waals surface area contributed by atoms with Gasteiger partial charge in [-0.05, 0) is 17.7 Å². The molecule has 2 N–H and O–H groups in total. The Bertz CT molecular complexity index is 434. The molecule has 0 aliphatic heterocycles. The molecule has 1 heterocycles. The van der Waals surface area contributed by atoms with Crippen LogP contribution in [0.15, 0.2) is 18.3 Å². The van der Waals surface area contributed by atoms with Crippen LogP contribution in [-0.4, -0.2) is 35.1 Å². The highest BCUT2D eigenvalue weighted by Gasteiger charge is 2.21. The van der Waals surface area contributed by atoms with Gasteiger partial charge in [-0.1, -0.05) is 0 Å². The van der Waals surface area contributed by atoms with Crippen LogP contribution in [0.5, 0.6) is 0 Å². The van der Waals surface area contributed by atoms with E-state index in [4.69, 9.17) is 5.11 Å². The number of amides is 1. The summed E-state index contributed by atoms with van der Waals surface area (Å²) in [6.07, 6.45) is 1.77. The van der Waals surface area contributed by atoms with Crippen LogP contribution in [-0.2, 0) is 27.4 Å². The second-order valence-electron chi connectivity index (χ2n) is 3.79. The summed E-state index contributed by atoms with van der Waals surface area (Å²) in [5, 5.41) is 11.5. The number of aliphatic hydroxyl groups is 1. The summed E-state index contributed by atoms with van der Waals surface area (Å²) < 4.78 is 4.61. The van der Waals surface area contributed by atoms with Crippen molar-refractivity contribution in [1.29, 1.82) is 0 Å². The molecule has 0 fully saturated rings. The molecule has 1 amide bonds. The molecule has 1 rings (SSSR count). The molecule has 0 aliphatic rings. The van der Waals surface area contributed by atoms with Gasteiger partial charge < -0.3 is 15.2 Å². The smallest absolute Gasteiger partial charge is 0.328 e. The number of carbonyl (C=O) groups is 2. The molecule has 98 valence electrons. The number of ether oxygens (including phenoxy) is 1. The third kappa shape index (κ3) is 4.14. The minimum atomic E-state index is -0.769. The summed E-state index contributed by atoms with van der Waals surface area (Å²) in [5.74, 6) is -0.842. The number of carbonyl (C=O) groups excluding carboxylic acids is 2. The van der Waals surface area contributed by atoms with E-state index in [1.807, 2.05) is 0 Å². The second kappa shape index (κ2) is 6.70. The van der Waals surface area contributed by atoms with Crippen LogP contribution >= 0.6 is 0 Å². The van der Waals surface area contributed by atoms with Crippen LogP contribution < -0.4 is 5.32 Å². The number of nitrogens with zero attached hydrogens (tertiary/aromatic N) is 1. The van der Waals surface area contributed by atoms with E-state index in [1.165, 1.54) is 14.0 Å². The number of pyridine rings is 1. The SMILES string of the molecule is COC(=O)[C@H](Cc1cc(CO)ccn1)NC(C)=O. The molecule has 6 heteroatoms. The van der Waals surface area contributed by atoms with Crippen molar-refractivity contribution in [3.05, 3.63) is 29.6 Å². The number of hydrogen-bond donors (Lipinski definition) is 2. The summed E-state index contributed by atoms with van der Waals surface area (Å²) in [5.41, 5.74) is 1.30. The Morgan fingerprint density at radius 2 is 2.28 bits per heavy atom. The zero-order chi connectivity index (χ0) is 13.5. The predicted octanol–water partition coefficient (Wildman–Crippen LogP) is -0.206. The maximum atomic E-state index is 11.5. The van der Waals surface area contributed by atoms with E-state index in [0.717, 1.165) is 0 Å². The number of aliphatic hydroxyl groups excluding tert-OH is 1. The predicted molar refractivity (Wildman–Crippen MR) is 63.5 cm³/mol. The Kier molecular flexibility index (Phi) is 5.26. The van der Waals surface area contributed by atoms with Crippen molar-refractivity contribution < 1.29 is 19.4 Å². The number of nitrogens with one attached hydrogen (secondary N) is 1. The fraction of sp³-hybridized carbons (Fsp3) is 0.417. The summed E-state index contributed by atoms with van der Waals surface area (Å²) in [4.78, 5) is 26.6. The van der Waals surface area contributed by atoms with E-state index < -0.39 is 12.0 Å². The van der Waals surface area contributed by atoms with Crippen molar-refractivity contribution in [3.8, 4) is 0 Å². The Balaban J connectivity index is 2.81. The van der Waals surface area contributed by atoms with Crippen molar-refractivity contribution in [2.75, 3.05) is 7.11 Å². The fourth-order valence-corrected chi connectivity index (χ4v) is 1.53. The van der Waals surface area contributed by atoms with Crippen LogP contribution in [0.25, 0.3) is 0 Å². The van der Waals surface area contributed by atoms with Crippen molar-refractivity contribution >= 4 is 11.9 Å². The van der Waals surface area contributed by atoms with E-state index in [9.17, 15) is 9.59 Å². The molecule has 0 spiro atoms. The Hall–Kier alpha value is -1.95. The molecule has 18 heavy (non-hydrogen) atoms. The molecule has 0 saturated carbocycles. The number of methoxy groups -OCH3 is 1. The Morgan fingerprint density at radius 3 is 2.83 bits per heavy atom. The van der Waals surface area contributed by atoms with Gasteiger partial charge in [0.1, 0.15) is 6.04 Å². The lowest BCUT2D eigenvalue weighted by atomic mass is 10.1. The zero-order valence-electron chi connectivity index (χ0n) is 10.3. The van der Waals surface area contributed by atoms with Crippen LogP contribution in [0.4, 0.5) is 0 Å². The van der Waals surface area contributed by atoms with Gasteiger partial charge in [0, 0.05) is 25.2 Å². The summed E-state index contributed by atoms with van der Waals surface area (Å²) in [6.45, 7) is 1.23. The molecule has 1 aromatic rings. The lowest BCUT2D eigenvalue weighted by molar-refractivity contribution is -0.144. The van der Waals surface area contributed by atoms with Gasteiger partial charge in [0.2, 0.25) is 5.91 Å². The largest absolute Gasteiger partial charge is 0.467 e. The first-order valence-corrected chi connectivity index (χ1v) is 5.46. The van der Waals surface area contributed by atoms with Gasteiger partial charge in [-0.15, -0.1) is 0 Å². The average Bonchev–Trinajstić information content (AvgIpc) is 2.36. The van der Waals surface area contributed by atoms with Crippen molar-refractivity contribution in [1.82, 2.24) is 10.3 Å². The molecular formula is C12H16N2O4. The molecular weight excluding hydrogens is 236 g/mol. The third-order valence-electron chi connectivity index (χ3n) is 2.34. The summed E-state index contributed by atoms with van der Waals surface area (Å²) >= 11 is 0. The maximum Gasteiger partial charge on any atom is 0.328 e. The molecule has 1 aromatic heterocycles. The normalized spacial score (nSPS) is 11.7. The van der Waals surface area contributed by atoms with Crippen LogP contribution in [0, 0.1) is 0 Å². The third-order valence-corrected chi connectivity index (χ3v) is 2.34. The lowest BCUT2D eigenvalue weighted by Crippen LogP contribution is -2.42. The van der Waals surface area contributed by atoms with Crippen molar-refractivity contribution in [2.24, 2.45) is 0 Å². The van der Waals surface area contributed by atoms with Crippen LogP contribution in [0.1, 0.15) is 18.2 Å². The Labute approximate surface area is 105 Å². The van der Waals surface area contributed by atoms with Gasteiger partial charge in [-0.2, -0.15) is 0 Å². The summed E-state index contributed by atoms with van der Waals surface area (Å²) in [6, 6.07) is 2.58. The molecule has 0 radical (unpaired) electrons. The number of rotatable bonds is 5. The van der Waals surface area contributed by atoms with Crippen molar-refractivity contribution in [2.45, 2.75) is 26.0 Å². The second-order valence-corrected chi connectivity index (χ2v) is 3.79. The van der Waals surface area contributed by atoms with Gasteiger partial charge in [0.25, 0.3) is 0 Å². The quantitative estimate of drug-likeness (QED) is 0.708. The highest BCUT2D eigenvalue weighted by molar-refractivity contribution is 5.83. The molecule has 0 saturated heterocycles. The number of aromatic nitrogens is 1. The molecule has 0 unspecified atom stereocenters. The fourth-order valence-electron chi connectivity index (χ4n) is 1.53. The minimum Gasteiger partial charge on any atom is -0.467 e. The van der Waals surface area contributed by atoms with Gasteiger partial charge in [-0.3, -0.25) is 9.78 Å². The van der Waals surface area contributed by atoms with E-state index in [1.54, 1.807) is 18.3 Å². The van der Waals surface area contributed by atoms with Gasteiger partial charge in [-0.25, -0.2) is 4.79 Å². The van der Waals surface area contributed by atoms with E-state index in [-0.39, 0.29) is 18.9 Å². The maximum absolute atomic E-state index is 11.5. The number of hydrogen-bond acceptors (Lipinski definition) is 5. The minimum absolute atomic E-state index is 0.0987. The van der Waals surface area contributed by atoms with Crippen LogP contribution in [0.3, 0.4) is 0 Å².